The highest BCUT2D eigenvalue weighted by Gasteiger charge is 2.27. The number of carbonyl (C=O) groups is 1. The van der Waals surface area contributed by atoms with Crippen LogP contribution in [0.15, 0.2) is 24.3 Å². The van der Waals surface area contributed by atoms with Crippen LogP contribution in [-0.2, 0) is 4.74 Å². The predicted molar refractivity (Wildman–Crippen MR) is 106 cm³/mol. The second-order valence-corrected chi connectivity index (χ2v) is 7.85. The maximum absolute atomic E-state index is 12.2. The van der Waals surface area contributed by atoms with Gasteiger partial charge in [0.25, 0.3) is 0 Å². The van der Waals surface area contributed by atoms with E-state index in [1.54, 1.807) is 18.1 Å². The lowest BCUT2D eigenvalue weighted by Gasteiger charge is -2.33. The third-order valence-electron chi connectivity index (χ3n) is 4.46. The maximum Gasteiger partial charge on any atom is 0.410 e. The van der Waals surface area contributed by atoms with Gasteiger partial charge in [-0.25, -0.2) is 4.79 Å². The number of hydrogen-bond donors (Lipinski definition) is 2. The molecule has 3 N–H and O–H groups in total. The van der Waals surface area contributed by atoms with Gasteiger partial charge in [-0.1, -0.05) is 0 Å². The number of hydrogen-bond acceptors (Lipinski definition) is 6. The average Bonchev–Trinajstić information content (AvgIpc) is 3.07. The highest BCUT2D eigenvalue weighted by molar-refractivity contribution is 5.70. The number of H-pyrrole nitrogens is 1. The van der Waals surface area contributed by atoms with E-state index in [1.165, 1.54) is 0 Å². The van der Waals surface area contributed by atoms with Gasteiger partial charge in [-0.3, -0.25) is 5.10 Å². The van der Waals surface area contributed by atoms with Crippen molar-refractivity contribution in [2.24, 2.45) is 0 Å². The summed E-state index contributed by atoms with van der Waals surface area (Å²) in [6, 6.07) is 7.42. The summed E-state index contributed by atoms with van der Waals surface area (Å²) in [5.74, 6) is 1.82. The van der Waals surface area contributed by atoms with E-state index in [2.05, 4.69) is 10.2 Å². The molecule has 0 radical (unpaired) electrons. The predicted octanol–water partition coefficient (Wildman–Crippen LogP) is 3.45. The van der Waals surface area contributed by atoms with Crippen LogP contribution >= 0.6 is 0 Å². The summed E-state index contributed by atoms with van der Waals surface area (Å²) < 4.78 is 17.0. The zero-order chi connectivity index (χ0) is 20.3. The Kier molecular flexibility index (Phi) is 5.67. The summed E-state index contributed by atoms with van der Waals surface area (Å²) in [4.78, 5) is 13.9. The van der Waals surface area contributed by atoms with Crippen LogP contribution in [0.1, 0.15) is 33.6 Å². The summed E-state index contributed by atoms with van der Waals surface area (Å²) in [6.45, 7) is 6.84. The molecule has 8 heteroatoms. The third-order valence-corrected chi connectivity index (χ3v) is 4.46. The minimum Gasteiger partial charge on any atom is -0.496 e. The quantitative estimate of drug-likeness (QED) is 0.832. The Bertz CT molecular complexity index is 820. The maximum atomic E-state index is 12.2. The van der Waals surface area contributed by atoms with E-state index in [9.17, 15) is 4.79 Å². The topological polar surface area (TPSA) is 103 Å². The van der Waals surface area contributed by atoms with E-state index in [0.717, 1.165) is 29.8 Å². The molecule has 1 fully saturated rings. The summed E-state index contributed by atoms with van der Waals surface area (Å²) in [5.41, 5.74) is 6.84. The minimum absolute atomic E-state index is 0.0389. The molecule has 1 aliphatic rings. The summed E-state index contributed by atoms with van der Waals surface area (Å²) >= 11 is 0. The number of anilines is 1. The van der Waals surface area contributed by atoms with Crippen molar-refractivity contribution < 1.29 is 19.0 Å². The number of nitrogens with two attached hydrogens (primary N) is 1. The molecule has 2 aromatic rings. The zero-order valence-corrected chi connectivity index (χ0v) is 16.8. The fourth-order valence-electron chi connectivity index (χ4n) is 3.12. The lowest BCUT2D eigenvalue weighted by Crippen LogP contribution is -2.44. The van der Waals surface area contributed by atoms with Crippen molar-refractivity contribution >= 4 is 11.9 Å². The number of nitrogen functional groups attached to an aromatic ring is 1. The van der Waals surface area contributed by atoms with E-state index in [0.29, 0.717) is 24.7 Å². The molecule has 1 saturated heterocycles. The number of carbonyl (C=O) groups excluding carboxylic acids is 1. The van der Waals surface area contributed by atoms with E-state index in [4.69, 9.17) is 19.9 Å². The Labute approximate surface area is 164 Å². The van der Waals surface area contributed by atoms with Gasteiger partial charge in [0.1, 0.15) is 29.0 Å². The van der Waals surface area contributed by atoms with Crippen LogP contribution in [0.5, 0.6) is 11.5 Å². The Morgan fingerprint density at radius 2 is 1.96 bits per heavy atom. The van der Waals surface area contributed by atoms with Gasteiger partial charge in [0.05, 0.1) is 12.8 Å². The van der Waals surface area contributed by atoms with Crippen LogP contribution in [0.2, 0.25) is 0 Å². The summed E-state index contributed by atoms with van der Waals surface area (Å²) in [6.07, 6.45) is 1.27. The van der Waals surface area contributed by atoms with Crippen molar-refractivity contribution in [1.29, 1.82) is 0 Å². The van der Waals surface area contributed by atoms with Gasteiger partial charge >= 0.3 is 6.09 Å². The van der Waals surface area contributed by atoms with E-state index in [1.807, 2.05) is 39.0 Å². The number of nitrogens with zero attached hydrogens (tertiary/aromatic N) is 2. The van der Waals surface area contributed by atoms with E-state index < -0.39 is 5.60 Å². The van der Waals surface area contributed by atoms with Gasteiger partial charge in [0.2, 0.25) is 0 Å². The van der Waals surface area contributed by atoms with Gasteiger partial charge < -0.3 is 24.8 Å². The van der Waals surface area contributed by atoms with Crippen molar-refractivity contribution in [1.82, 2.24) is 15.1 Å². The molecule has 1 aromatic heterocycles. The SMILES string of the molecule is COc1cc(OC2CCN(C(=O)OC(C)(C)C)CC2)ccc1-c1cc(N)n[nH]1. The first-order valence-corrected chi connectivity index (χ1v) is 9.39. The second kappa shape index (κ2) is 8.00. The lowest BCUT2D eigenvalue weighted by atomic mass is 10.1. The second-order valence-electron chi connectivity index (χ2n) is 7.85. The smallest absolute Gasteiger partial charge is 0.410 e. The molecule has 28 heavy (non-hydrogen) atoms. The number of rotatable bonds is 4. The third kappa shape index (κ3) is 4.88. The van der Waals surface area contributed by atoms with Crippen LogP contribution in [0.3, 0.4) is 0 Å². The minimum atomic E-state index is -0.484. The van der Waals surface area contributed by atoms with Crippen LogP contribution in [0.4, 0.5) is 10.6 Å². The van der Waals surface area contributed by atoms with Crippen molar-refractivity contribution in [2.75, 3.05) is 25.9 Å². The van der Waals surface area contributed by atoms with Crippen LogP contribution < -0.4 is 15.2 Å². The molecule has 1 aliphatic heterocycles. The van der Waals surface area contributed by atoms with E-state index in [-0.39, 0.29) is 12.2 Å². The Morgan fingerprint density at radius 1 is 1.25 bits per heavy atom. The molecule has 0 atom stereocenters. The van der Waals surface area contributed by atoms with Gasteiger partial charge in [-0.2, -0.15) is 5.10 Å². The molecule has 0 bridgehead atoms. The highest BCUT2D eigenvalue weighted by atomic mass is 16.6. The summed E-state index contributed by atoms with van der Waals surface area (Å²) in [7, 11) is 1.61. The number of benzene rings is 1. The number of aromatic amines is 1. The standard InChI is InChI=1S/C20H28N4O4/c1-20(2,3)28-19(25)24-9-7-13(8-10-24)27-14-5-6-15(17(11-14)26-4)16-12-18(21)23-22-16/h5-6,11-13H,7-10H2,1-4H3,(H3,21,22,23). The number of methoxy groups -OCH3 is 1. The summed E-state index contributed by atoms with van der Waals surface area (Å²) in [5, 5.41) is 6.83. The number of nitrogens with one attached hydrogen (secondary N) is 1. The first-order chi connectivity index (χ1) is 13.2. The Balaban J connectivity index is 1.60. The average molecular weight is 388 g/mol. The number of amides is 1. The molecule has 152 valence electrons. The van der Waals surface area contributed by atoms with Gasteiger partial charge in [-0.05, 0) is 32.9 Å². The highest BCUT2D eigenvalue weighted by Crippen LogP contribution is 2.33. The van der Waals surface area contributed by atoms with Crippen molar-refractivity contribution in [3.63, 3.8) is 0 Å². The molecule has 0 spiro atoms. The largest absolute Gasteiger partial charge is 0.496 e. The Morgan fingerprint density at radius 3 is 2.54 bits per heavy atom. The molecule has 1 amide bonds. The zero-order valence-electron chi connectivity index (χ0n) is 16.8. The number of aromatic nitrogens is 2. The first kappa shape index (κ1) is 19.9. The Hall–Kier alpha value is -2.90. The molecule has 0 unspecified atom stereocenters. The van der Waals surface area contributed by atoms with Crippen molar-refractivity contribution in [3.8, 4) is 22.8 Å². The lowest BCUT2D eigenvalue weighted by molar-refractivity contribution is 0.0126. The number of likely N-dealkylation sites (tertiary alicyclic amines) is 1. The van der Waals surface area contributed by atoms with Crippen LogP contribution in [-0.4, -0.2) is 53.1 Å². The normalized spacial score (nSPS) is 15.4. The van der Waals surface area contributed by atoms with Crippen LogP contribution in [0.25, 0.3) is 11.3 Å². The molecule has 0 aliphatic carbocycles. The molecular weight excluding hydrogens is 360 g/mol. The molecule has 8 nitrogen and oxygen atoms in total. The van der Waals surface area contributed by atoms with Gasteiger partial charge in [-0.15, -0.1) is 0 Å². The van der Waals surface area contributed by atoms with Crippen molar-refractivity contribution in [2.45, 2.75) is 45.3 Å². The molecular formula is C20H28N4O4. The van der Waals surface area contributed by atoms with Crippen molar-refractivity contribution in [3.05, 3.63) is 24.3 Å². The molecule has 0 saturated carbocycles. The number of ether oxygens (including phenoxy) is 3. The monoisotopic (exact) mass is 388 g/mol. The fourth-order valence-corrected chi connectivity index (χ4v) is 3.12. The fraction of sp³-hybridized carbons (Fsp3) is 0.500. The van der Waals surface area contributed by atoms with Crippen LogP contribution in [0, 0.1) is 0 Å². The van der Waals surface area contributed by atoms with E-state index >= 15 is 0 Å². The molecule has 1 aromatic carbocycles. The molecule has 2 heterocycles. The van der Waals surface area contributed by atoms with Gasteiger partial charge in [0, 0.05) is 43.6 Å². The first-order valence-electron chi connectivity index (χ1n) is 9.39. The van der Waals surface area contributed by atoms with Gasteiger partial charge in [0.15, 0.2) is 0 Å². The number of piperidine rings is 1. The molecule has 3 rings (SSSR count).